The van der Waals surface area contributed by atoms with Gasteiger partial charge in [-0.2, -0.15) is 5.26 Å². The van der Waals surface area contributed by atoms with Crippen LogP contribution in [-0.2, 0) is 25.6 Å². The molecule has 0 radical (unpaired) electrons. The molecule has 14 nitrogen and oxygen atoms in total. The highest BCUT2D eigenvalue weighted by Gasteiger charge is 2.63. The lowest BCUT2D eigenvalue weighted by molar-refractivity contribution is -0.205. The Hall–Kier alpha value is -2.87. The summed E-state index contributed by atoms with van der Waals surface area (Å²) in [6, 6.07) is 9.07. The molecule has 6 fully saturated rings. The van der Waals surface area contributed by atoms with Crippen LogP contribution in [0.4, 0.5) is 5.69 Å². The number of hydrogen-bond acceptors (Lipinski definition) is 13. The highest BCUT2D eigenvalue weighted by Crippen LogP contribution is 2.64. The van der Waals surface area contributed by atoms with Gasteiger partial charge in [0.2, 0.25) is 5.91 Å². The molecule has 0 spiro atoms. The van der Waals surface area contributed by atoms with Gasteiger partial charge < -0.3 is 51.0 Å². The monoisotopic (exact) mass is 769 g/mol. The first-order valence-electron chi connectivity index (χ1n) is 20.5. The van der Waals surface area contributed by atoms with Crippen molar-refractivity contribution in [1.82, 2.24) is 9.80 Å². The maximum Gasteiger partial charge on any atom is 0.325 e. The summed E-state index contributed by atoms with van der Waals surface area (Å²) >= 11 is 0. The number of hydrogen-bond donors (Lipinski definition) is 7. The van der Waals surface area contributed by atoms with Crippen LogP contribution in [0.25, 0.3) is 0 Å². The molecular formula is C41H63N5O9. The van der Waals surface area contributed by atoms with E-state index < -0.39 is 43.0 Å². The first kappa shape index (κ1) is 41.8. The van der Waals surface area contributed by atoms with Crippen LogP contribution in [0.5, 0.6) is 0 Å². The predicted molar refractivity (Wildman–Crippen MR) is 203 cm³/mol. The number of likely N-dealkylation sites (tertiary alicyclic amines) is 1. The largest absolute Gasteiger partial charge is 0.462 e. The van der Waals surface area contributed by atoms with Gasteiger partial charge in [0.25, 0.3) is 0 Å². The first-order valence-corrected chi connectivity index (χ1v) is 20.5. The number of esters is 1. The van der Waals surface area contributed by atoms with E-state index >= 15 is 0 Å². The van der Waals surface area contributed by atoms with Crippen molar-refractivity contribution in [3.8, 4) is 6.07 Å². The third kappa shape index (κ3) is 9.82. The molecule has 8 N–H and O–H groups in total. The fraction of sp³-hybridized carbons (Fsp3) is 0.780. The van der Waals surface area contributed by atoms with Gasteiger partial charge in [0, 0.05) is 24.8 Å². The normalized spacial score (nSPS) is 31.7. The molecule has 1 saturated heterocycles. The number of fused-ring (bicyclic) bond motifs is 1. The van der Waals surface area contributed by atoms with E-state index in [0.29, 0.717) is 30.8 Å². The van der Waals surface area contributed by atoms with Gasteiger partial charge in [-0.25, -0.2) is 0 Å². The van der Waals surface area contributed by atoms with Gasteiger partial charge in [-0.15, -0.1) is 0 Å². The van der Waals surface area contributed by atoms with Crippen molar-refractivity contribution in [2.24, 2.45) is 28.9 Å². The van der Waals surface area contributed by atoms with Gasteiger partial charge >= 0.3 is 5.97 Å². The maximum atomic E-state index is 13.8. The molecule has 0 aromatic heterocycles. The Morgan fingerprint density at radius 3 is 2.38 bits per heavy atom. The standard InChI is InChI=1S/C41H63N5O9/c1-2-3-4-5-10-45(23-33(48)36(51)37(52)34(49)24-47)22-26-6-8-30(9-7-26)44-21-35(50)54-11-12-55-41-18-27-13-28(19-41)17-40(16-27,25-41)38(43)39(53)46-31(20-42)14-29-15-32(29)46/h6-9,27-29,31-34,36-38,44,47-49,51-52H,2-5,10-19,21-25,43H2,1H3/t27-,28?,29+,31-,32-,33-,34+,36+,37+,38+,40?,41?/m0/s1. The van der Waals surface area contributed by atoms with E-state index in [4.69, 9.17) is 20.3 Å². The van der Waals surface area contributed by atoms with Crippen molar-refractivity contribution < 1.29 is 44.6 Å². The van der Waals surface area contributed by atoms with E-state index in [1.54, 1.807) is 4.90 Å². The molecule has 306 valence electrons. The van der Waals surface area contributed by atoms with E-state index in [2.05, 4.69) is 18.3 Å². The second-order valence-corrected chi connectivity index (χ2v) is 17.4. The summed E-state index contributed by atoms with van der Waals surface area (Å²) in [5.74, 6) is 0.896. The molecule has 1 heterocycles. The van der Waals surface area contributed by atoms with Crippen LogP contribution in [0.15, 0.2) is 24.3 Å². The number of ether oxygens (including phenoxy) is 2. The summed E-state index contributed by atoms with van der Waals surface area (Å²) < 4.78 is 12.1. The van der Waals surface area contributed by atoms with Crippen LogP contribution < -0.4 is 11.1 Å². The molecule has 5 aliphatic carbocycles. The molecule has 55 heavy (non-hydrogen) atoms. The molecule has 14 heteroatoms. The van der Waals surface area contributed by atoms with E-state index in [9.17, 15) is 35.3 Å². The van der Waals surface area contributed by atoms with Crippen molar-refractivity contribution in [1.29, 1.82) is 5.26 Å². The highest BCUT2D eigenvalue weighted by molar-refractivity contribution is 5.84. The van der Waals surface area contributed by atoms with E-state index in [1.807, 2.05) is 29.2 Å². The summed E-state index contributed by atoms with van der Waals surface area (Å²) in [7, 11) is 0. The zero-order valence-corrected chi connectivity index (χ0v) is 32.3. The summed E-state index contributed by atoms with van der Waals surface area (Å²) in [6.45, 7) is 2.98. The Bertz CT molecular complexity index is 1480. The number of nitrogens with two attached hydrogens (primary N) is 1. The maximum absolute atomic E-state index is 13.8. The van der Waals surface area contributed by atoms with E-state index in [0.717, 1.165) is 88.3 Å². The number of carbonyl (C=O) groups is 2. The third-order valence-corrected chi connectivity index (χ3v) is 13.1. The molecule has 7 rings (SSSR count). The second-order valence-electron chi connectivity index (χ2n) is 17.4. The van der Waals surface area contributed by atoms with Gasteiger partial charge in [0.1, 0.15) is 37.5 Å². The van der Waals surface area contributed by atoms with Crippen molar-refractivity contribution >= 4 is 17.6 Å². The number of aliphatic hydroxyl groups excluding tert-OH is 5. The second kappa shape index (κ2) is 18.2. The highest BCUT2D eigenvalue weighted by atomic mass is 16.6. The molecule has 1 aromatic rings. The molecule has 12 atom stereocenters. The average molecular weight is 770 g/mol. The van der Waals surface area contributed by atoms with Crippen LogP contribution in [-0.4, -0.2) is 135 Å². The zero-order valence-electron chi connectivity index (χ0n) is 32.3. The van der Waals surface area contributed by atoms with Gasteiger partial charge in [-0.1, -0.05) is 38.3 Å². The van der Waals surface area contributed by atoms with Gasteiger partial charge in [-0.05, 0) is 105 Å². The number of piperidine rings is 1. The van der Waals surface area contributed by atoms with Crippen LogP contribution in [0.2, 0.25) is 0 Å². The molecule has 6 aliphatic rings. The third-order valence-electron chi connectivity index (χ3n) is 13.1. The number of rotatable bonds is 22. The molecular weight excluding hydrogens is 706 g/mol. The zero-order chi connectivity index (χ0) is 39.3. The van der Waals surface area contributed by atoms with Crippen LogP contribution in [0.1, 0.15) is 89.5 Å². The molecule has 1 aromatic carbocycles. The summed E-state index contributed by atoms with van der Waals surface area (Å²) in [5.41, 5.74) is 7.85. The number of nitriles is 1. The molecule has 3 unspecified atom stereocenters. The quantitative estimate of drug-likeness (QED) is 0.0660. The Morgan fingerprint density at radius 1 is 1.00 bits per heavy atom. The number of nitrogens with one attached hydrogen (secondary N) is 1. The molecule has 5 saturated carbocycles. The molecule has 4 bridgehead atoms. The lowest BCUT2D eigenvalue weighted by Crippen LogP contribution is -2.65. The minimum Gasteiger partial charge on any atom is -0.462 e. The Labute approximate surface area is 324 Å². The van der Waals surface area contributed by atoms with Crippen LogP contribution >= 0.6 is 0 Å². The Balaban J connectivity index is 0.941. The number of anilines is 1. The SMILES string of the molecule is CCCCCCN(Cc1ccc(NCC(=O)OCCOC23CC4C[C@H](C2)CC([C@H](N)C(=O)N2[C@H](C#N)C[C@@H]5C[C@@H]52)(C4)C3)cc1)C[C@H](O)[C@@H](O)[C@H](O)[C@H](O)CO. The lowest BCUT2D eigenvalue weighted by Gasteiger charge is -2.63. The van der Waals surface area contributed by atoms with Crippen molar-refractivity contribution in [3.63, 3.8) is 0 Å². The van der Waals surface area contributed by atoms with E-state index in [1.165, 1.54) is 0 Å². The smallest absolute Gasteiger partial charge is 0.325 e. The fourth-order valence-electron chi connectivity index (χ4n) is 10.7. The number of amides is 1. The summed E-state index contributed by atoms with van der Waals surface area (Å²) in [5, 5.41) is 62.6. The number of unbranched alkanes of at least 4 members (excludes halogenated alkanes) is 3. The number of aliphatic hydroxyl groups is 5. The number of nitrogens with zero attached hydrogens (tertiary/aromatic N) is 3. The van der Waals surface area contributed by atoms with Crippen LogP contribution in [0, 0.1) is 34.5 Å². The lowest BCUT2D eigenvalue weighted by atomic mass is 9.46. The van der Waals surface area contributed by atoms with Gasteiger partial charge in [-0.3, -0.25) is 14.5 Å². The van der Waals surface area contributed by atoms with E-state index in [-0.39, 0.29) is 55.3 Å². The minimum absolute atomic E-state index is 0.0214. The van der Waals surface area contributed by atoms with Crippen LogP contribution in [0.3, 0.4) is 0 Å². The predicted octanol–water partition coefficient (Wildman–Crippen LogP) is 1.66. The Kier molecular flexibility index (Phi) is 13.8. The van der Waals surface area contributed by atoms with Crippen molar-refractivity contribution in [3.05, 3.63) is 29.8 Å². The average Bonchev–Trinajstić information content (AvgIpc) is 3.84. The Morgan fingerprint density at radius 2 is 1.71 bits per heavy atom. The topological polar surface area (TPSA) is 222 Å². The minimum atomic E-state index is -1.67. The first-order chi connectivity index (χ1) is 26.4. The summed E-state index contributed by atoms with van der Waals surface area (Å²) in [4.78, 5) is 30.3. The number of carbonyl (C=O) groups excluding carboxylic acids is 2. The van der Waals surface area contributed by atoms with Crippen molar-refractivity contribution in [2.45, 2.75) is 139 Å². The number of benzene rings is 1. The van der Waals surface area contributed by atoms with Gasteiger partial charge in [0.05, 0.1) is 37.0 Å². The molecule has 1 amide bonds. The van der Waals surface area contributed by atoms with Gasteiger partial charge in [0.15, 0.2) is 0 Å². The van der Waals surface area contributed by atoms with Crippen molar-refractivity contribution in [2.75, 3.05) is 44.8 Å². The summed E-state index contributed by atoms with van der Waals surface area (Å²) in [6.07, 6.45) is 5.24. The molecule has 1 aliphatic heterocycles. The fourth-order valence-corrected chi connectivity index (χ4v) is 10.7.